The molecule has 0 fully saturated rings. The van der Waals surface area contributed by atoms with E-state index in [1.54, 1.807) is 64.2 Å². The minimum atomic E-state index is -0.435. The molecule has 0 aromatic heterocycles. The van der Waals surface area contributed by atoms with Crippen LogP contribution in [0.3, 0.4) is 0 Å². The van der Waals surface area contributed by atoms with Crippen molar-refractivity contribution in [3.05, 3.63) is 115 Å². The predicted molar refractivity (Wildman–Crippen MR) is 239 cm³/mol. The summed E-state index contributed by atoms with van der Waals surface area (Å²) in [6, 6.07) is 20.9. The van der Waals surface area contributed by atoms with Crippen molar-refractivity contribution in [3.8, 4) is 11.5 Å². The van der Waals surface area contributed by atoms with Gasteiger partial charge < -0.3 is 24.5 Å². The molecule has 1 amide bonds. The Kier molecular flexibility index (Phi) is 35.4. The average Bonchev–Trinajstić information content (AvgIpc) is 3.05. The molecule has 54 heavy (non-hydrogen) atoms. The maximum atomic E-state index is 12.8. The van der Waals surface area contributed by atoms with Crippen LogP contribution in [-0.2, 0) is 0 Å². The Morgan fingerprint density at radius 3 is 1.67 bits per heavy atom. The fourth-order valence-electron chi connectivity index (χ4n) is 2.47. The number of thiocarbonyl (C=S) groups is 2. The maximum Gasteiger partial charge on any atom is 0.285 e. The molecule has 298 valence electrons. The average molecular weight is 1260 g/mol. The second-order valence-corrected chi connectivity index (χ2v) is 15.5. The zero-order chi connectivity index (χ0) is 39.4. The summed E-state index contributed by atoms with van der Waals surface area (Å²) in [7, 11) is 10.4. The van der Waals surface area contributed by atoms with Crippen LogP contribution < -0.4 is 4.74 Å². The Bertz CT molecular complexity index is 1660. The number of benzene rings is 4. The number of amides is 1. The van der Waals surface area contributed by atoms with Crippen molar-refractivity contribution in [3.63, 3.8) is 0 Å². The number of ether oxygens (including phenoxy) is 1. The smallest absolute Gasteiger partial charge is 0.285 e. The number of nitrogens with zero attached hydrogens (tertiary/aromatic N) is 3. The van der Waals surface area contributed by atoms with Crippen molar-refractivity contribution in [1.82, 2.24) is 14.7 Å². The van der Waals surface area contributed by atoms with Gasteiger partial charge >= 0.3 is 0 Å². The summed E-state index contributed by atoms with van der Waals surface area (Å²) < 4.78 is 45.4. The molecule has 0 aliphatic rings. The zero-order valence-corrected chi connectivity index (χ0v) is 41.9. The van der Waals surface area contributed by atoms with Crippen LogP contribution in [0.1, 0.15) is 20.4 Å². The van der Waals surface area contributed by atoms with E-state index in [9.17, 15) is 18.0 Å². The van der Waals surface area contributed by atoms with Crippen LogP contribution >= 0.6 is 108 Å². The number of aromatic hydroxyl groups is 1. The van der Waals surface area contributed by atoms with Crippen LogP contribution in [0.2, 0.25) is 0 Å². The summed E-state index contributed by atoms with van der Waals surface area (Å²) in [5, 5.41) is 8.97. The Morgan fingerprint density at radius 2 is 1.28 bits per heavy atom. The first-order valence-electron chi connectivity index (χ1n) is 14.0. The van der Waals surface area contributed by atoms with E-state index in [-0.39, 0.29) is 73.8 Å². The van der Waals surface area contributed by atoms with E-state index in [1.165, 1.54) is 46.9 Å². The molecule has 4 aromatic rings. The van der Waals surface area contributed by atoms with Gasteiger partial charge in [0, 0.05) is 94.9 Å². The molecule has 0 unspecified atom stereocenters. The molecule has 0 radical (unpaired) electrons. The van der Waals surface area contributed by atoms with E-state index in [0.717, 1.165) is 27.2 Å². The minimum absolute atomic E-state index is 0. The summed E-state index contributed by atoms with van der Waals surface area (Å²) in [5.74, 6) is -0.832. The van der Waals surface area contributed by atoms with Gasteiger partial charge in [-0.15, -0.1) is 10.5 Å². The van der Waals surface area contributed by atoms with Gasteiger partial charge in [-0.05, 0) is 126 Å². The van der Waals surface area contributed by atoms with Gasteiger partial charge in [-0.1, -0.05) is 33.4 Å². The van der Waals surface area contributed by atoms with Gasteiger partial charge in [0.05, 0.1) is 8.95 Å². The molecular weight excluding hydrogens is 1220 g/mol. The summed E-state index contributed by atoms with van der Waals surface area (Å²) in [5.41, 5.74) is 1.20. The third-order valence-electron chi connectivity index (χ3n) is 5.22. The summed E-state index contributed by atoms with van der Waals surface area (Å²) in [6.45, 7) is 2.02. The Labute approximate surface area is 393 Å². The Balaban J connectivity index is -0.000000295. The van der Waals surface area contributed by atoms with Crippen LogP contribution in [0, 0.1) is 61.6 Å². The van der Waals surface area contributed by atoms with Crippen LogP contribution in [-0.4, -0.2) is 77.0 Å². The number of hydrogen-bond donors (Lipinski definition) is 2. The molecule has 0 heterocycles. The number of carbonyl (C=O) groups is 1. The van der Waals surface area contributed by atoms with Crippen LogP contribution in [0.4, 0.5) is 18.0 Å². The first-order valence-corrected chi connectivity index (χ1v) is 18.8. The molecule has 0 aliphatic heterocycles. The van der Waals surface area contributed by atoms with Gasteiger partial charge in [0.15, 0.2) is 4.45 Å². The number of phenolic OH excluding ortho intramolecular Hbond substituents is 1. The van der Waals surface area contributed by atoms with Crippen molar-refractivity contribution in [2.75, 3.05) is 42.3 Å². The fourth-order valence-corrected chi connectivity index (χ4v) is 4.48. The molecule has 4 rings (SSSR count). The van der Waals surface area contributed by atoms with E-state index in [2.05, 4.69) is 78.7 Å². The van der Waals surface area contributed by atoms with E-state index >= 15 is 0 Å². The van der Waals surface area contributed by atoms with Crippen LogP contribution in [0.25, 0.3) is 0 Å². The van der Waals surface area contributed by atoms with Crippen molar-refractivity contribution >= 4 is 123 Å². The molecule has 0 spiro atoms. The first-order chi connectivity index (χ1) is 23.7. The predicted octanol–water partition coefficient (Wildman–Crippen LogP) is 12.9. The van der Waals surface area contributed by atoms with Crippen molar-refractivity contribution in [2.24, 2.45) is 0 Å². The molecule has 0 aliphatic carbocycles. The largest absolute Gasteiger partial charge is 0.507 e. The van der Waals surface area contributed by atoms with E-state index in [1.807, 2.05) is 25.1 Å². The Morgan fingerprint density at radius 1 is 0.815 bits per heavy atom. The number of aryl methyl sites for hydroxylation is 1. The maximum absolute atomic E-state index is 12.8. The fraction of sp³-hybridized carbons (Fsp3) is 0.250. The minimum Gasteiger partial charge on any atom is -0.507 e. The van der Waals surface area contributed by atoms with Crippen molar-refractivity contribution in [2.45, 2.75) is 31.6 Å². The monoisotopic (exact) mass is 1260 g/mol. The number of rotatable bonds is 2. The molecule has 1 N–H and O–H groups in total. The van der Waals surface area contributed by atoms with Gasteiger partial charge in [-0.2, -0.15) is 24.3 Å². The normalized spacial score (nSPS) is 8.94. The molecule has 0 bridgehead atoms. The number of thiol groups is 1. The SMILES string of the molecule is C.C.CN(C)C(=O)Sc1cc(F)ccc1Br.CN(C)C(=S)Cl.CN(C)C(=S)Oc1cc(F)ccc1Br.Cc1cc[c-]cc1S.Oc1cc(F)ccc1Br.[U]. The third kappa shape index (κ3) is 26.8. The van der Waals surface area contributed by atoms with Crippen LogP contribution in [0.15, 0.2) is 96.0 Å². The quantitative estimate of drug-likeness (QED) is 0.0514. The van der Waals surface area contributed by atoms with Gasteiger partial charge in [0.1, 0.15) is 29.0 Å². The number of carbonyl (C=O) groups excluding carboxylic acids is 1. The second kappa shape index (κ2) is 32.0. The molecule has 4 aromatic carbocycles. The first kappa shape index (κ1) is 59.7. The molecular formula is C36H43Br3ClF3N3O3S4U-. The molecule has 6 nitrogen and oxygen atoms in total. The van der Waals surface area contributed by atoms with E-state index in [0.29, 0.717) is 24.0 Å². The van der Waals surface area contributed by atoms with Crippen LogP contribution in [0.5, 0.6) is 11.5 Å². The van der Waals surface area contributed by atoms with Gasteiger partial charge in [0.25, 0.3) is 10.4 Å². The number of hydrogen-bond acceptors (Lipinski definition) is 7. The van der Waals surface area contributed by atoms with Crippen molar-refractivity contribution < 1.29 is 58.9 Å². The van der Waals surface area contributed by atoms with Crippen molar-refractivity contribution in [1.29, 1.82) is 0 Å². The summed E-state index contributed by atoms with van der Waals surface area (Å²) in [4.78, 5) is 17.7. The van der Waals surface area contributed by atoms with E-state index < -0.39 is 5.82 Å². The second-order valence-electron chi connectivity index (χ2n) is 10.1. The summed E-state index contributed by atoms with van der Waals surface area (Å²) in [6.07, 6.45) is 0. The summed E-state index contributed by atoms with van der Waals surface area (Å²) >= 11 is 29.4. The van der Waals surface area contributed by atoms with Gasteiger partial charge in [-0.3, -0.25) is 4.79 Å². The number of halogens is 7. The van der Waals surface area contributed by atoms with Gasteiger partial charge in [-0.25, -0.2) is 25.8 Å². The van der Waals surface area contributed by atoms with E-state index in [4.69, 9.17) is 33.7 Å². The topological polar surface area (TPSA) is 56.3 Å². The third-order valence-corrected chi connectivity index (χ3v) is 10.2. The van der Waals surface area contributed by atoms with Gasteiger partial charge in [0.2, 0.25) is 0 Å². The number of thioether (sulfide) groups is 1. The Hall–Kier alpha value is -0.998. The molecule has 0 saturated heterocycles. The molecule has 0 atom stereocenters. The number of phenols is 1. The molecule has 18 heteroatoms. The zero-order valence-electron chi connectivity index (χ0n) is 28.9. The molecule has 0 saturated carbocycles. The standard InChI is InChI=1S/2C9H9BrFNOS.C7H7S.C6H4BrFO.C3H6ClNS.2CH4.U/c1-12(2)9(13)14-8-5-6(11)3-4-7(8)10;1-12(2)9(14)13-8-5-6(11)3-4-7(8)10;1-6-4-2-3-5-7(6)8;7-5-2-1-4(8)3-6(5)9;1-5(2)3(4)6;;;/h2*3-5H,1-2H3;2,4-5,8H,1H3;1-3,9H;1-2H3;2*1H4;/q;;-1;;;;;.